The zero-order valence-electron chi connectivity index (χ0n) is 12.5. The molecule has 110 valence electrons. The molecule has 1 atom stereocenters. The van der Waals surface area contributed by atoms with Crippen LogP contribution in [-0.4, -0.2) is 41.9 Å². The van der Waals surface area contributed by atoms with Crippen LogP contribution in [0, 0.1) is 0 Å². The number of piperazine rings is 1. The van der Waals surface area contributed by atoms with Gasteiger partial charge >= 0.3 is 0 Å². The van der Waals surface area contributed by atoms with E-state index >= 15 is 0 Å². The molecule has 1 aliphatic carbocycles. The van der Waals surface area contributed by atoms with Gasteiger partial charge < -0.3 is 5.32 Å². The Morgan fingerprint density at radius 2 is 2.00 bits per heavy atom. The Hall–Kier alpha value is -0.510. The molecule has 3 rings (SSSR count). The number of nitrogens with zero attached hydrogens (tertiary/aromatic N) is 1. The van der Waals surface area contributed by atoms with Crippen LogP contribution in [0.3, 0.4) is 0 Å². The predicted molar refractivity (Wildman–Crippen MR) is 87.4 cm³/mol. The van der Waals surface area contributed by atoms with E-state index in [1.807, 2.05) is 11.8 Å². The Kier molecular flexibility index (Phi) is 4.69. The molecule has 2 fully saturated rings. The first-order valence-electron chi connectivity index (χ1n) is 7.94. The van der Waals surface area contributed by atoms with Crippen LogP contribution in [0.2, 0.25) is 0 Å². The van der Waals surface area contributed by atoms with E-state index in [9.17, 15) is 0 Å². The summed E-state index contributed by atoms with van der Waals surface area (Å²) in [6, 6.07) is 11.4. The van der Waals surface area contributed by atoms with E-state index in [1.54, 1.807) is 0 Å². The zero-order valence-corrected chi connectivity index (χ0v) is 13.3. The van der Waals surface area contributed by atoms with E-state index in [2.05, 4.69) is 47.5 Å². The maximum absolute atomic E-state index is 3.83. The summed E-state index contributed by atoms with van der Waals surface area (Å²) in [6.45, 7) is 5.99. The van der Waals surface area contributed by atoms with Crippen LogP contribution < -0.4 is 5.32 Å². The molecule has 0 bridgehead atoms. The lowest BCUT2D eigenvalue weighted by atomic mass is 9.93. The molecule has 0 amide bonds. The molecule has 2 nitrogen and oxygen atoms in total. The topological polar surface area (TPSA) is 15.3 Å². The van der Waals surface area contributed by atoms with E-state index in [0.29, 0.717) is 11.6 Å². The highest BCUT2D eigenvalue weighted by atomic mass is 32.2. The van der Waals surface area contributed by atoms with Gasteiger partial charge in [0.05, 0.1) is 0 Å². The van der Waals surface area contributed by atoms with Crippen LogP contribution in [0.4, 0.5) is 0 Å². The number of thioether (sulfide) groups is 1. The van der Waals surface area contributed by atoms with E-state index < -0.39 is 0 Å². The van der Waals surface area contributed by atoms with Gasteiger partial charge in [-0.05, 0) is 31.9 Å². The van der Waals surface area contributed by atoms with Crippen LogP contribution in [0.5, 0.6) is 0 Å². The molecule has 20 heavy (non-hydrogen) atoms. The molecule has 2 aliphatic rings. The summed E-state index contributed by atoms with van der Waals surface area (Å²) in [4.78, 5) is 4.10. The Morgan fingerprint density at radius 3 is 2.75 bits per heavy atom. The van der Waals surface area contributed by atoms with E-state index in [0.717, 1.165) is 6.54 Å². The van der Waals surface area contributed by atoms with E-state index in [4.69, 9.17) is 0 Å². The van der Waals surface area contributed by atoms with Crippen molar-refractivity contribution in [3.63, 3.8) is 0 Å². The third-order valence-electron chi connectivity index (χ3n) is 4.85. The molecule has 1 spiro atoms. The number of hydrogen-bond donors (Lipinski definition) is 1. The van der Waals surface area contributed by atoms with Crippen LogP contribution in [0.1, 0.15) is 32.6 Å². The molecule has 1 aromatic rings. The van der Waals surface area contributed by atoms with Gasteiger partial charge in [-0.25, -0.2) is 0 Å². The van der Waals surface area contributed by atoms with Gasteiger partial charge in [0.2, 0.25) is 0 Å². The van der Waals surface area contributed by atoms with Gasteiger partial charge in [-0.15, -0.1) is 11.8 Å². The Morgan fingerprint density at radius 1 is 1.25 bits per heavy atom. The van der Waals surface area contributed by atoms with Crippen LogP contribution in [0.15, 0.2) is 35.2 Å². The van der Waals surface area contributed by atoms with Crippen LogP contribution >= 0.6 is 11.8 Å². The summed E-state index contributed by atoms with van der Waals surface area (Å²) in [6.07, 6.45) is 5.58. The zero-order chi connectivity index (χ0) is 13.8. The van der Waals surface area contributed by atoms with Crippen molar-refractivity contribution in [3.05, 3.63) is 30.3 Å². The lowest BCUT2D eigenvalue weighted by Gasteiger charge is -2.45. The van der Waals surface area contributed by atoms with Gasteiger partial charge in [-0.2, -0.15) is 0 Å². The molecule has 1 heterocycles. The van der Waals surface area contributed by atoms with Crippen molar-refractivity contribution < 1.29 is 0 Å². The lowest BCUT2D eigenvalue weighted by Crippen LogP contribution is -2.62. The minimum Gasteiger partial charge on any atom is -0.308 e. The first-order chi connectivity index (χ1) is 9.77. The smallest absolute Gasteiger partial charge is 0.0309 e. The molecule has 1 saturated heterocycles. The summed E-state index contributed by atoms with van der Waals surface area (Å²) in [7, 11) is 0. The highest BCUT2D eigenvalue weighted by molar-refractivity contribution is 7.99. The van der Waals surface area contributed by atoms with Crippen molar-refractivity contribution in [1.29, 1.82) is 0 Å². The largest absolute Gasteiger partial charge is 0.308 e. The molecule has 0 radical (unpaired) electrons. The Labute approximate surface area is 127 Å². The maximum atomic E-state index is 3.83. The molecule has 1 saturated carbocycles. The average molecular weight is 290 g/mol. The van der Waals surface area contributed by atoms with Gasteiger partial charge in [0.15, 0.2) is 0 Å². The number of benzene rings is 1. The molecule has 1 N–H and O–H groups in total. The monoisotopic (exact) mass is 290 g/mol. The molecule has 3 heteroatoms. The van der Waals surface area contributed by atoms with Crippen LogP contribution in [0.25, 0.3) is 0 Å². The quantitative estimate of drug-likeness (QED) is 0.856. The van der Waals surface area contributed by atoms with Gasteiger partial charge in [0.25, 0.3) is 0 Å². The first kappa shape index (κ1) is 14.4. The predicted octanol–water partition coefficient (Wildman–Crippen LogP) is 3.39. The maximum Gasteiger partial charge on any atom is 0.0309 e. The summed E-state index contributed by atoms with van der Waals surface area (Å²) < 4.78 is 0. The second-order valence-corrected chi connectivity index (χ2v) is 7.52. The number of hydrogen-bond acceptors (Lipinski definition) is 3. The molecular formula is C17H26N2S. The average Bonchev–Trinajstić information content (AvgIpc) is 2.92. The normalized spacial score (nSPS) is 26.1. The standard InChI is InChI=1S/C17H26N2S/c1-15-13-18-17(9-5-6-10-17)14-19(15)11-12-20-16-7-3-2-4-8-16/h2-4,7-8,15,18H,5-6,9-14H2,1H3. The minimum atomic E-state index is 0.448. The second-order valence-electron chi connectivity index (χ2n) is 6.35. The number of rotatable bonds is 4. The van der Waals surface area contributed by atoms with Gasteiger partial charge in [0, 0.05) is 41.9 Å². The van der Waals surface area contributed by atoms with Crippen LogP contribution in [-0.2, 0) is 0 Å². The fourth-order valence-electron chi connectivity index (χ4n) is 3.58. The molecule has 1 unspecified atom stereocenters. The van der Waals surface area contributed by atoms with Crippen molar-refractivity contribution >= 4 is 11.8 Å². The molecule has 0 aromatic heterocycles. The highest BCUT2D eigenvalue weighted by Crippen LogP contribution is 2.33. The van der Waals surface area contributed by atoms with E-state index in [1.165, 1.54) is 49.4 Å². The fourth-order valence-corrected chi connectivity index (χ4v) is 4.49. The van der Waals surface area contributed by atoms with Gasteiger partial charge in [-0.1, -0.05) is 31.0 Å². The van der Waals surface area contributed by atoms with Gasteiger partial charge in [-0.3, -0.25) is 4.90 Å². The second kappa shape index (κ2) is 6.50. The van der Waals surface area contributed by atoms with Crippen molar-refractivity contribution in [1.82, 2.24) is 10.2 Å². The Balaban J connectivity index is 1.50. The highest BCUT2D eigenvalue weighted by Gasteiger charge is 2.39. The third kappa shape index (κ3) is 3.38. The lowest BCUT2D eigenvalue weighted by molar-refractivity contribution is 0.0955. The van der Waals surface area contributed by atoms with Crippen molar-refractivity contribution in [2.45, 2.75) is 49.1 Å². The Bertz CT molecular complexity index is 414. The van der Waals surface area contributed by atoms with Crippen molar-refractivity contribution in [3.8, 4) is 0 Å². The van der Waals surface area contributed by atoms with Gasteiger partial charge in [0.1, 0.15) is 0 Å². The van der Waals surface area contributed by atoms with Crippen molar-refractivity contribution in [2.75, 3.05) is 25.4 Å². The fraction of sp³-hybridized carbons (Fsp3) is 0.647. The molecule has 1 aromatic carbocycles. The summed E-state index contributed by atoms with van der Waals surface area (Å²) in [5.74, 6) is 1.20. The number of nitrogens with one attached hydrogen (secondary N) is 1. The van der Waals surface area contributed by atoms with Crippen molar-refractivity contribution in [2.24, 2.45) is 0 Å². The molecule has 1 aliphatic heterocycles. The summed E-state index contributed by atoms with van der Waals surface area (Å²) in [5, 5.41) is 3.83. The SMILES string of the molecule is CC1CNC2(CCCC2)CN1CCSc1ccccc1. The molecular weight excluding hydrogens is 264 g/mol. The minimum absolute atomic E-state index is 0.448. The van der Waals surface area contributed by atoms with E-state index in [-0.39, 0.29) is 0 Å². The summed E-state index contributed by atoms with van der Waals surface area (Å²) in [5.41, 5.74) is 0.448. The third-order valence-corrected chi connectivity index (χ3v) is 5.84. The first-order valence-corrected chi connectivity index (χ1v) is 8.93. The summed E-state index contributed by atoms with van der Waals surface area (Å²) >= 11 is 1.98.